The molecule has 0 radical (unpaired) electrons. The lowest BCUT2D eigenvalue weighted by molar-refractivity contribution is 0.150. The standard InChI is InChI=1S/C11H24N2O/c1-4-9(3)13(5-2)6-10-7-14-8-11(10)12/h9-11H,4-8,12H2,1-3H3. The van der Waals surface area contributed by atoms with Crippen molar-refractivity contribution >= 4 is 0 Å². The van der Waals surface area contributed by atoms with E-state index in [1.165, 1.54) is 6.42 Å². The molecule has 3 unspecified atom stereocenters. The van der Waals surface area contributed by atoms with Crippen molar-refractivity contribution in [2.45, 2.75) is 39.3 Å². The van der Waals surface area contributed by atoms with E-state index < -0.39 is 0 Å². The van der Waals surface area contributed by atoms with Gasteiger partial charge in [-0.1, -0.05) is 13.8 Å². The summed E-state index contributed by atoms with van der Waals surface area (Å²) in [5.74, 6) is 0.531. The topological polar surface area (TPSA) is 38.5 Å². The zero-order valence-corrected chi connectivity index (χ0v) is 9.70. The van der Waals surface area contributed by atoms with E-state index in [9.17, 15) is 0 Å². The third-order valence-corrected chi connectivity index (χ3v) is 3.34. The summed E-state index contributed by atoms with van der Waals surface area (Å²) in [6.07, 6.45) is 1.21. The van der Waals surface area contributed by atoms with Gasteiger partial charge in [-0.2, -0.15) is 0 Å². The first-order valence-corrected chi connectivity index (χ1v) is 5.76. The Labute approximate surface area is 87.6 Å². The lowest BCUT2D eigenvalue weighted by atomic mass is 10.0. The Morgan fingerprint density at radius 3 is 2.57 bits per heavy atom. The van der Waals surface area contributed by atoms with Crippen LogP contribution in [0.25, 0.3) is 0 Å². The van der Waals surface area contributed by atoms with Crippen molar-refractivity contribution in [1.29, 1.82) is 0 Å². The molecule has 1 heterocycles. The van der Waals surface area contributed by atoms with E-state index in [1.807, 2.05) is 0 Å². The Morgan fingerprint density at radius 2 is 2.14 bits per heavy atom. The lowest BCUT2D eigenvalue weighted by Crippen LogP contribution is -2.42. The maximum Gasteiger partial charge on any atom is 0.0621 e. The Balaban J connectivity index is 2.39. The lowest BCUT2D eigenvalue weighted by Gasteiger charge is -2.30. The van der Waals surface area contributed by atoms with Crippen molar-refractivity contribution in [2.75, 3.05) is 26.3 Å². The first kappa shape index (κ1) is 12.0. The average Bonchev–Trinajstić information content (AvgIpc) is 2.59. The molecule has 1 saturated heterocycles. The minimum absolute atomic E-state index is 0.244. The smallest absolute Gasteiger partial charge is 0.0621 e. The molecule has 1 fully saturated rings. The number of ether oxygens (including phenoxy) is 1. The van der Waals surface area contributed by atoms with Crippen molar-refractivity contribution in [1.82, 2.24) is 4.90 Å². The molecule has 0 aromatic heterocycles. The minimum Gasteiger partial charge on any atom is -0.379 e. The first-order valence-electron chi connectivity index (χ1n) is 5.76. The Kier molecular flexibility index (Phi) is 4.85. The van der Waals surface area contributed by atoms with Crippen LogP contribution in [0.4, 0.5) is 0 Å². The van der Waals surface area contributed by atoms with Crippen molar-refractivity contribution in [3.8, 4) is 0 Å². The molecule has 0 spiro atoms. The quantitative estimate of drug-likeness (QED) is 0.722. The summed E-state index contributed by atoms with van der Waals surface area (Å²) in [5.41, 5.74) is 5.97. The molecular formula is C11H24N2O. The van der Waals surface area contributed by atoms with Crippen molar-refractivity contribution in [2.24, 2.45) is 11.7 Å². The number of nitrogens with zero attached hydrogens (tertiary/aromatic N) is 1. The van der Waals surface area contributed by atoms with Crippen LogP contribution in [0, 0.1) is 5.92 Å². The van der Waals surface area contributed by atoms with Crippen LogP contribution in [0.2, 0.25) is 0 Å². The van der Waals surface area contributed by atoms with E-state index in [0.717, 1.165) is 26.3 Å². The maximum absolute atomic E-state index is 5.97. The second kappa shape index (κ2) is 5.69. The van der Waals surface area contributed by atoms with Gasteiger partial charge < -0.3 is 15.4 Å². The highest BCUT2D eigenvalue weighted by atomic mass is 16.5. The molecular weight excluding hydrogens is 176 g/mol. The zero-order valence-electron chi connectivity index (χ0n) is 9.70. The van der Waals surface area contributed by atoms with Crippen molar-refractivity contribution < 1.29 is 4.74 Å². The van der Waals surface area contributed by atoms with E-state index in [4.69, 9.17) is 10.5 Å². The van der Waals surface area contributed by atoms with Crippen molar-refractivity contribution in [3.05, 3.63) is 0 Å². The summed E-state index contributed by atoms with van der Waals surface area (Å²) in [4.78, 5) is 2.50. The van der Waals surface area contributed by atoms with Gasteiger partial charge in [0.25, 0.3) is 0 Å². The fourth-order valence-electron chi connectivity index (χ4n) is 1.98. The predicted octanol–water partition coefficient (Wildman–Crippen LogP) is 1.08. The molecule has 3 atom stereocenters. The Hall–Kier alpha value is -0.120. The summed E-state index contributed by atoms with van der Waals surface area (Å²) in [5, 5.41) is 0. The normalized spacial score (nSPS) is 29.8. The van der Waals surface area contributed by atoms with Crippen molar-refractivity contribution in [3.63, 3.8) is 0 Å². The first-order chi connectivity index (χ1) is 6.69. The number of rotatable bonds is 5. The largest absolute Gasteiger partial charge is 0.379 e. The molecule has 84 valence electrons. The molecule has 0 aliphatic carbocycles. The summed E-state index contributed by atoms with van der Waals surface area (Å²) >= 11 is 0. The van der Waals surface area contributed by atoms with Gasteiger partial charge in [0.15, 0.2) is 0 Å². The van der Waals surface area contributed by atoms with Crippen LogP contribution in [-0.2, 0) is 4.74 Å². The molecule has 1 aliphatic rings. The second-order valence-corrected chi connectivity index (χ2v) is 4.31. The van der Waals surface area contributed by atoms with E-state index in [-0.39, 0.29) is 6.04 Å². The van der Waals surface area contributed by atoms with Gasteiger partial charge in [0.1, 0.15) is 0 Å². The van der Waals surface area contributed by atoms with Crippen LogP contribution in [0.5, 0.6) is 0 Å². The van der Waals surface area contributed by atoms with Gasteiger partial charge in [-0.3, -0.25) is 0 Å². The summed E-state index contributed by atoms with van der Waals surface area (Å²) < 4.78 is 5.38. The predicted molar refractivity (Wildman–Crippen MR) is 59.3 cm³/mol. The summed E-state index contributed by atoms with van der Waals surface area (Å²) in [6.45, 7) is 10.5. The van der Waals surface area contributed by atoms with Gasteiger partial charge in [-0.15, -0.1) is 0 Å². The van der Waals surface area contributed by atoms with E-state index in [0.29, 0.717) is 12.0 Å². The van der Waals surface area contributed by atoms with Crippen LogP contribution in [-0.4, -0.2) is 43.3 Å². The monoisotopic (exact) mass is 200 g/mol. The average molecular weight is 200 g/mol. The van der Waals surface area contributed by atoms with Gasteiger partial charge in [-0.05, 0) is 19.9 Å². The Bertz CT molecular complexity index is 163. The molecule has 0 amide bonds. The van der Waals surface area contributed by atoms with E-state index in [1.54, 1.807) is 0 Å². The third kappa shape index (κ3) is 2.94. The highest BCUT2D eigenvalue weighted by Crippen LogP contribution is 2.15. The van der Waals surface area contributed by atoms with Crippen LogP contribution >= 0.6 is 0 Å². The molecule has 3 nitrogen and oxygen atoms in total. The second-order valence-electron chi connectivity index (χ2n) is 4.31. The molecule has 2 N–H and O–H groups in total. The molecule has 1 rings (SSSR count). The van der Waals surface area contributed by atoms with Gasteiger partial charge in [0, 0.05) is 24.5 Å². The fourth-order valence-corrected chi connectivity index (χ4v) is 1.98. The van der Waals surface area contributed by atoms with Crippen LogP contribution in [0.15, 0.2) is 0 Å². The molecule has 0 aromatic rings. The summed E-state index contributed by atoms with van der Waals surface area (Å²) in [7, 11) is 0. The molecule has 0 bridgehead atoms. The van der Waals surface area contributed by atoms with E-state index >= 15 is 0 Å². The van der Waals surface area contributed by atoms with Gasteiger partial charge in [0.05, 0.1) is 13.2 Å². The fraction of sp³-hybridized carbons (Fsp3) is 1.00. The van der Waals surface area contributed by atoms with Gasteiger partial charge in [-0.25, -0.2) is 0 Å². The number of nitrogens with two attached hydrogens (primary N) is 1. The zero-order chi connectivity index (χ0) is 10.6. The summed E-state index contributed by atoms with van der Waals surface area (Å²) in [6, 6.07) is 0.904. The molecule has 0 saturated carbocycles. The van der Waals surface area contributed by atoms with Gasteiger partial charge >= 0.3 is 0 Å². The molecule has 1 aliphatic heterocycles. The molecule has 14 heavy (non-hydrogen) atoms. The SMILES string of the molecule is CCC(C)N(CC)CC1COCC1N. The van der Waals surface area contributed by atoms with Crippen LogP contribution in [0.3, 0.4) is 0 Å². The number of hydrogen-bond acceptors (Lipinski definition) is 3. The number of hydrogen-bond donors (Lipinski definition) is 1. The third-order valence-electron chi connectivity index (χ3n) is 3.34. The van der Waals surface area contributed by atoms with Crippen LogP contribution < -0.4 is 5.73 Å². The van der Waals surface area contributed by atoms with E-state index in [2.05, 4.69) is 25.7 Å². The maximum atomic E-state index is 5.97. The molecule has 3 heteroatoms. The minimum atomic E-state index is 0.244. The highest BCUT2D eigenvalue weighted by Gasteiger charge is 2.27. The molecule has 0 aromatic carbocycles. The Morgan fingerprint density at radius 1 is 1.43 bits per heavy atom. The van der Waals surface area contributed by atoms with Gasteiger partial charge in [0.2, 0.25) is 0 Å². The highest BCUT2D eigenvalue weighted by molar-refractivity contribution is 4.81. The van der Waals surface area contributed by atoms with Crippen LogP contribution in [0.1, 0.15) is 27.2 Å².